The standard InChI is InChI=1S/C12H16BrN3O2/c1-4-5-16-12(18)11(13)10(7-14-16)15-8(2)6-9(3)17/h1,7-9,15,17H,5-6H2,2-3H3. The fourth-order valence-corrected chi connectivity index (χ4v) is 2.02. The van der Waals surface area contributed by atoms with Crippen molar-refractivity contribution < 1.29 is 5.11 Å². The lowest BCUT2D eigenvalue weighted by Crippen LogP contribution is -2.27. The smallest absolute Gasteiger partial charge is 0.284 e. The van der Waals surface area contributed by atoms with Gasteiger partial charge in [-0.1, -0.05) is 5.92 Å². The lowest BCUT2D eigenvalue weighted by atomic mass is 10.1. The molecule has 0 bridgehead atoms. The molecule has 0 radical (unpaired) electrons. The Labute approximate surface area is 114 Å². The summed E-state index contributed by atoms with van der Waals surface area (Å²) in [6.45, 7) is 3.78. The first kappa shape index (κ1) is 14.7. The summed E-state index contributed by atoms with van der Waals surface area (Å²) in [5.41, 5.74) is 0.323. The number of aromatic nitrogens is 2. The molecule has 18 heavy (non-hydrogen) atoms. The number of hydrogen-bond donors (Lipinski definition) is 2. The molecule has 0 spiro atoms. The average Bonchev–Trinajstić information content (AvgIpc) is 2.28. The highest BCUT2D eigenvalue weighted by Crippen LogP contribution is 2.18. The zero-order valence-corrected chi connectivity index (χ0v) is 11.9. The van der Waals surface area contributed by atoms with Crippen LogP contribution < -0.4 is 10.9 Å². The molecule has 1 rings (SSSR count). The van der Waals surface area contributed by atoms with Gasteiger partial charge in [-0.15, -0.1) is 6.42 Å². The molecule has 0 aromatic carbocycles. The number of halogens is 1. The Morgan fingerprint density at radius 1 is 1.67 bits per heavy atom. The second-order valence-electron chi connectivity index (χ2n) is 4.17. The van der Waals surface area contributed by atoms with E-state index in [9.17, 15) is 9.90 Å². The van der Waals surface area contributed by atoms with E-state index in [0.29, 0.717) is 16.6 Å². The van der Waals surface area contributed by atoms with E-state index in [4.69, 9.17) is 6.42 Å². The van der Waals surface area contributed by atoms with Crippen molar-refractivity contribution in [1.29, 1.82) is 0 Å². The van der Waals surface area contributed by atoms with Gasteiger partial charge in [0, 0.05) is 6.04 Å². The van der Waals surface area contributed by atoms with Crippen LogP contribution in [0.3, 0.4) is 0 Å². The molecule has 0 amide bonds. The van der Waals surface area contributed by atoms with Gasteiger partial charge >= 0.3 is 0 Å². The zero-order chi connectivity index (χ0) is 13.7. The van der Waals surface area contributed by atoms with Gasteiger partial charge in [-0.05, 0) is 36.2 Å². The molecule has 2 atom stereocenters. The Balaban J connectivity index is 2.89. The second kappa shape index (κ2) is 6.57. The Morgan fingerprint density at radius 2 is 2.33 bits per heavy atom. The van der Waals surface area contributed by atoms with E-state index in [1.54, 1.807) is 13.1 Å². The summed E-state index contributed by atoms with van der Waals surface area (Å²) in [4.78, 5) is 11.9. The van der Waals surface area contributed by atoms with Gasteiger partial charge in [0.25, 0.3) is 5.56 Å². The van der Waals surface area contributed by atoms with E-state index in [-0.39, 0.29) is 18.1 Å². The van der Waals surface area contributed by atoms with Crippen LogP contribution in [0.4, 0.5) is 5.69 Å². The number of terminal acetylenes is 1. The van der Waals surface area contributed by atoms with Gasteiger partial charge in [-0.2, -0.15) is 5.10 Å². The van der Waals surface area contributed by atoms with E-state index >= 15 is 0 Å². The zero-order valence-electron chi connectivity index (χ0n) is 10.4. The van der Waals surface area contributed by atoms with Gasteiger partial charge in [-0.3, -0.25) is 4.79 Å². The third-order valence-corrected chi connectivity index (χ3v) is 3.09. The molecule has 0 aliphatic carbocycles. The lowest BCUT2D eigenvalue weighted by Gasteiger charge is -2.17. The van der Waals surface area contributed by atoms with Gasteiger partial charge in [0.1, 0.15) is 11.0 Å². The fraction of sp³-hybridized carbons (Fsp3) is 0.500. The number of nitrogens with one attached hydrogen (secondary N) is 1. The fourth-order valence-electron chi connectivity index (χ4n) is 1.60. The van der Waals surface area contributed by atoms with Gasteiger partial charge in [-0.25, -0.2) is 4.68 Å². The normalized spacial score (nSPS) is 13.7. The first-order chi connectivity index (χ1) is 8.45. The molecular weight excluding hydrogens is 298 g/mol. The number of anilines is 1. The molecule has 5 nitrogen and oxygen atoms in total. The minimum absolute atomic E-state index is 0.0333. The SMILES string of the molecule is C#CCn1ncc(NC(C)CC(C)O)c(Br)c1=O. The third-order valence-electron chi connectivity index (χ3n) is 2.32. The monoisotopic (exact) mass is 313 g/mol. The largest absolute Gasteiger partial charge is 0.393 e. The molecule has 1 aromatic rings. The molecule has 1 aromatic heterocycles. The van der Waals surface area contributed by atoms with Gasteiger partial charge < -0.3 is 10.4 Å². The summed E-state index contributed by atoms with van der Waals surface area (Å²) in [6.07, 6.45) is 6.87. The topological polar surface area (TPSA) is 67.2 Å². The summed E-state index contributed by atoms with van der Waals surface area (Å²) in [5.74, 6) is 2.36. The van der Waals surface area contributed by atoms with Crippen molar-refractivity contribution in [2.45, 2.75) is 39.0 Å². The van der Waals surface area contributed by atoms with Crippen LogP contribution in [0.25, 0.3) is 0 Å². The average molecular weight is 314 g/mol. The van der Waals surface area contributed by atoms with Crippen LogP contribution >= 0.6 is 15.9 Å². The number of nitrogens with zero attached hydrogens (tertiary/aromatic N) is 2. The van der Waals surface area contributed by atoms with Crippen molar-refractivity contribution in [3.8, 4) is 12.3 Å². The minimum atomic E-state index is -0.402. The molecule has 2 unspecified atom stereocenters. The van der Waals surface area contributed by atoms with Crippen LogP contribution in [0.2, 0.25) is 0 Å². The molecule has 0 aliphatic heterocycles. The summed E-state index contributed by atoms with van der Waals surface area (Å²) >= 11 is 3.23. The number of aliphatic hydroxyl groups is 1. The maximum atomic E-state index is 11.9. The van der Waals surface area contributed by atoms with Crippen molar-refractivity contribution in [3.05, 3.63) is 21.0 Å². The first-order valence-corrected chi connectivity index (χ1v) is 6.38. The minimum Gasteiger partial charge on any atom is -0.393 e. The van der Waals surface area contributed by atoms with Gasteiger partial charge in [0.05, 0.1) is 18.0 Å². The van der Waals surface area contributed by atoms with Crippen LogP contribution in [0, 0.1) is 12.3 Å². The molecule has 2 N–H and O–H groups in total. The first-order valence-electron chi connectivity index (χ1n) is 5.59. The van der Waals surface area contributed by atoms with Crippen LogP contribution in [0.15, 0.2) is 15.5 Å². The highest BCUT2D eigenvalue weighted by atomic mass is 79.9. The highest BCUT2D eigenvalue weighted by Gasteiger charge is 2.11. The molecule has 0 saturated heterocycles. The Bertz CT molecular complexity index is 505. The quantitative estimate of drug-likeness (QED) is 0.802. The highest BCUT2D eigenvalue weighted by molar-refractivity contribution is 9.10. The van der Waals surface area contributed by atoms with Crippen LogP contribution in [-0.4, -0.2) is 27.0 Å². The number of hydrogen-bond acceptors (Lipinski definition) is 4. The Morgan fingerprint density at radius 3 is 2.89 bits per heavy atom. The predicted molar refractivity (Wildman–Crippen MR) is 74.4 cm³/mol. The van der Waals surface area contributed by atoms with Gasteiger partial charge in [0.15, 0.2) is 0 Å². The summed E-state index contributed by atoms with van der Waals surface area (Å²) < 4.78 is 1.60. The molecular formula is C12H16BrN3O2. The molecule has 0 fully saturated rings. The molecule has 0 saturated carbocycles. The van der Waals surface area contributed by atoms with Crippen LogP contribution in [-0.2, 0) is 6.54 Å². The molecule has 6 heteroatoms. The Kier molecular flexibility index (Phi) is 5.38. The maximum Gasteiger partial charge on any atom is 0.284 e. The van der Waals surface area contributed by atoms with Gasteiger partial charge in [0.2, 0.25) is 0 Å². The molecule has 1 heterocycles. The predicted octanol–water partition coefficient (Wildman–Crippen LogP) is 1.21. The van der Waals surface area contributed by atoms with E-state index in [1.165, 1.54) is 4.68 Å². The van der Waals surface area contributed by atoms with Crippen molar-refractivity contribution in [2.75, 3.05) is 5.32 Å². The molecule has 98 valence electrons. The van der Waals surface area contributed by atoms with E-state index in [1.807, 2.05) is 6.92 Å². The van der Waals surface area contributed by atoms with Crippen molar-refractivity contribution in [2.24, 2.45) is 0 Å². The lowest BCUT2D eigenvalue weighted by molar-refractivity contribution is 0.179. The van der Waals surface area contributed by atoms with Crippen LogP contribution in [0.5, 0.6) is 0 Å². The van der Waals surface area contributed by atoms with Crippen LogP contribution in [0.1, 0.15) is 20.3 Å². The summed E-state index contributed by atoms with van der Waals surface area (Å²) in [5, 5.41) is 16.4. The maximum absolute atomic E-state index is 11.9. The van der Waals surface area contributed by atoms with E-state index in [0.717, 1.165) is 0 Å². The Hall–Kier alpha value is -1.32. The molecule has 0 aliphatic rings. The van der Waals surface area contributed by atoms with E-state index in [2.05, 4.69) is 32.3 Å². The van der Waals surface area contributed by atoms with Crippen molar-refractivity contribution >= 4 is 21.6 Å². The summed E-state index contributed by atoms with van der Waals surface area (Å²) in [6, 6.07) is 0.0333. The van der Waals surface area contributed by atoms with Crippen molar-refractivity contribution in [3.63, 3.8) is 0 Å². The van der Waals surface area contributed by atoms with E-state index < -0.39 is 6.10 Å². The van der Waals surface area contributed by atoms with Crippen molar-refractivity contribution in [1.82, 2.24) is 9.78 Å². The number of rotatable bonds is 5. The number of aliphatic hydroxyl groups excluding tert-OH is 1. The summed E-state index contributed by atoms with van der Waals surface area (Å²) in [7, 11) is 0. The third kappa shape index (κ3) is 3.86. The second-order valence-corrected chi connectivity index (χ2v) is 4.96.